The number of carbonyl (C=O) groups excluding carboxylic acids is 4. The molecule has 14 heteroatoms. The number of rotatable bonds is 36. The minimum atomic E-state index is -0.583. The third-order valence-corrected chi connectivity index (χ3v) is 12.6. The quantitative estimate of drug-likeness (QED) is 0.00937. The summed E-state index contributed by atoms with van der Waals surface area (Å²) in [6, 6.07) is 26.3. The van der Waals surface area contributed by atoms with Crippen LogP contribution in [0.1, 0.15) is 149 Å². The maximum atomic E-state index is 13.7. The molecule has 0 aliphatic rings. The summed E-state index contributed by atoms with van der Waals surface area (Å²) < 4.78 is 34.8. The number of nitrogens with zero attached hydrogens (tertiary/aromatic N) is 3. The van der Waals surface area contributed by atoms with Crippen LogP contribution in [0.5, 0.6) is 23.0 Å². The van der Waals surface area contributed by atoms with E-state index in [4.69, 9.17) is 38.5 Å². The lowest BCUT2D eigenvalue weighted by atomic mass is 10.1. The number of ether oxygens (including phenoxy) is 6. The molecule has 0 bridgehead atoms. The molecule has 0 saturated carbocycles. The van der Waals surface area contributed by atoms with E-state index in [-0.39, 0.29) is 11.5 Å². The highest BCUT2D eigenvalue weighted by Crippen LogP contribution is 2.31. The van der Waals surface area contributed by atoms with Crippen LogP contribution in [0.3, 0.4) is 0 Å². The zero-order chi connectivity index (χ0) is 51.0. The van der Waals surface area contributed by atoms with Crippen LogP contribution in [-0.2, 0) is 19.1 Å². The number of carbonyl (C=O) groups is 4. The highest BCUT2D eigenvalue weighted by Gasteiger charge is 2.17. The lowest BCUT2D eigenvalue weighted by Crippen LogP contribution is -2.18. The molecule has 0 atom stereocenters. The molecule has 0 saturated heterocycles. The zero-order valence-corrected chi connectivity index (χ0v) is 42.7. The number of unbranched alkanes of at least 4 members (excludes halogenated alkanes) is 15. The first kappa shape index (κ1) is 56.1. The number of thiazole rings is 1. The fourth-order valence-electron chi connectivity index (χ4n) is 7.50. The molecule has 0 fully saturated rings. The Morgan fingerprint density at radius 1 is 0.569 bits per heavy atom. The number of benzene rings is 4. The second-order valence-corrected chi connectivity index (χ2v) is 18.3. The molecule has 0 radical (unpaired) electrons. The molecule has 5 rings (SSSR count). The number of aromatic nitrogens is 1. The Morgan fingerprint density at radius 2 is 1.06 bits per heavy atom. The number of anilines is 1. The van der Waals surface area contributed by atoms with Gasteiger partial charge in [-0.3, -0.25) is 0 Å². The Morgan fingerprint density at radius 3 is 1.60 bits per heavy atom. The highest BCUT2D eigenvalue weighted by molar-refractivity contribution is 7.22. The van der Waals surface area contributed by atoms with E-state index < -0.39 is 23.9 Å². The largest absolute Gasteiger partial charge is 0.494 e. The van der Waals surface area contributed by atoms with Gasteiger partial charge in [0.25, 0.3) is 0 Å². The average molecular weight is 1000 g/mol. The summed E-state index contributed by atoms with van der Waals surface area (Å²) in [4.78, 5) is 54.4. The monoisotopic (exact) mass is 1000 g/mol. The number of hydrogen-bond donors (Lipinski definition) is 0. The summed E-state index contributed by atoms with van der Waals surface area (Å²) >= 11 is 1.56. The van der Waals surface area contributed by atoms with E-state index in [0.717, 1.165) is 98.1 Å². The summed E-state index contributed by atoms with van der Waals surface area (Å²) in [7, 11) is 0. The Labute approximate surface area is 429 Å². The maximum absolute atomic E-state index is 13.7. The Hall–Kier alpha value is -6.80. The SMILES string of the molecule is C=CC(=O)OCCCCCCOc1ccc(C(=O)Oc2ccc(OC(=O)c3ccc(OCCCCCCOC(=O)C=C)cc3)c(/C=N/N(CCCCCCCCCCCC)c3nc4ccccc4s3)c2)cc1. The second kappa shape index (κ2) is 33.0. The fraction of sp³-hybridized carbons (Fsp3) is 0.414. The summed E-state index contributed by atoms with van der Waals surface area (Å²) in [5, 5.41) is 7.59. The van der Waals surface area contributed by atoms with Crippen molar-refractivity contribution in [1.29, 1.82) is 0 Å². The molecule has 0 aliphatic heterocycles. The normalized spacial score (nSPS) is 11.0. The summed E-state index contributed by atoms with van der Waals surface area (Å²) in [6.45, 7) is 11.4. The van der Waals surface area contributed by atoms with Crippen molar-refractivity contribution in [3.63, 3.8) is 0 Å². The molecule has 384 valence electrons. The second-order valence-electron chi connectivity index (χ2n) is 17.3. The van der Waals surface area contributed by atoms with Gasteiger partial charge in [-0.1, -0.05) is 101 Å². The van der Waals surface area contributed by atoms with E-state index in [0.29, 0.717) is 61.2 Å². The molecular formula is C58H71N3O10S. The van der Waals surface area contributed by atoms with Crippen LogP contribution in [0.4, 0.5) is 5.13 Å². The molecule has 0 aliphatic carbocycles. The highest BCUT2D eigenvalue weighted by atomic mass is 32.1. The van der Waals surface area contributed by atoms with Gasteiger partial charge >= 0.3 is 23.9 Å². The van der Waals surface area contributed by atoms with Gasteiger partial charge in [-0.05, 0) is 137 Å². The number of hydrazone groups is 1. The minimum Gasteiger partial charge on any atom is -0.494 e. The van der Waals surface area contributed by atoms with Gasteiger partial charge in [0.1, 0.15) is 23.0 Å². The van der Waals surface area contributed by atoms with Crippen LogP contribution in [-0.4, -0.2) is 68.0 Å². The van der Waals surface area contributed by atoms with Crippen molar-refractivity contribution >= 4 is 56.8 Å². The molecule has 72 heavy (non-hydrogen) atoms. The Balaban J connectivity index is 1.25. The smallest absolute Gasteiger partial charge is 0.343 e. The molecule has 4 aromatic carbocycles. The van der Waals surface area contributed by atoms with Gasteiger partial charge < -0.3 is 28.4 Å². The van der Waals surface area contributed by atoms with Crippen LogP contribution >= 0.6 is 11.3 Å². The Kier molecular flexibility index (Phi) is 25.7. The van der Waals surface area contributed by atoms with Crippen molar-refractivity contribution in [2.75, 3.05) is 38.0 Å². The molecule has 0 unspecified atom stereocenters. The standard InChI is InChI=1S/C58H71N3O10S/c1-4-7-8-9-10-11-12-13-14-21-38-61(58-60-51-26-19-20-27-53(51)72-58)59-44-47-43-50(70-56(64)45-28-32-48(33-29-45)66-39-22-15-17-24-41-68-54(62)5-2)36-37-52(47)71-57(65)46-30-34-49(35-31-46)67-40-23-16-18-25-42-69-55(63)6-3/h5-6,19-20,26-37,43-44H,2-4,7-18,21-25,38-42H2,1H3/b59-44+. The van der Waals surface area contributed by atoms with E-state index in [2.05, 4.69) is 20.1 Å². The van der Waals surface area contributed by atoms with Gasteiger partial charge in [-0.2, -0.15) is 5.10 Å². The predicted molar refractivity (Wildman–Crippen MR) is 286 cm³/mol. The van der Waals surface area contributed by atoms with Crippen molar-refractivity contribution in [3.8, 4) is 23.0 Å². The van der Waals surface area contributed by atoms with Crippen LogP contribution in [0.15, 0.2) is 121 Å². The fourth-order valence-corrected chi connectivity index (χ4v) is 8.45. The molecule has 0 N–H and O–H groups in total. The van der Waals surface area contributed by atoms with Gasteiger partial charge in [-0.15, -0.1) is 0 Å². The van der Waals surface area contributed by atoms with E-state index in [1.165, 1.54) is 44.9 Å². The van der Waals surface area contributed by atoms with Gasteiger partial charge in [-0.25, -0.2) is 29.2 Å². The minimum absolute atomic E-state index is 0.226. The lowest BCUT2D eigenvalue weighted by Gasteiger charge is -2.16. The van der Waals surface area contributed by atoms with Crippen molar-refractivity contribution < 1.29 is 47.6 Å². The summed E-state index contributed by atoms with van der Waals surface area (Å²) in [5.74, 6) is -0.268. The number of hydrogen-bond acceptors (Lipinski definition) is 14. The van der Waals surface area contributed by atoms with Gasteiger partial charge in [0.15, 0.2) is 0 Å². The van der Waals surface area contributed by atoms with E-state index >= 15 is 0 Å². The van der Waals surface area contributed by atoms with Crippen molar-refractivity contribution in [2.24, 2.45) is 5.10 Å². The van der Waals surface area contributed by atoms with Crippen molar-refractivity contribution in [3.05, 3.63) is 133 Å². The first-order valence-electron chi connectivity index (χ1n) is 25.6. The molecule has 0 spiro atoms. The maximum Gasteiger partial charge on any atom is 0.343 e. The number of esters is 4. The van der Waals surface area contributed by atoms with Crippen LogP contribution in [0, 0.1) is 0 Å². The molecule has 1 aromatic heterocycles. The van der Waals surface area contributed by atoms with Crippen molar-refractivity contribution in [2.45, 2.75) is 122 Å². The summed E-state index contributed by atoms with van der Waals surface area (Å²) in [5.41, 5.74) is 1.96. The summed E-state index contributed by atoms with van der Waals surface area (Å²) in [6.07, 6.45) is 22.9. The average Bonchev–Trinajstić information content (AvgIpc) is 3.84. The van der Waals surface area contributed by atoms with Crippen LogP contribution in [0.2, 0.25) is 0 Å². The third kappa shape index (κ3) is 20.9. The lowest BCUT2D eigenvalue weighted by molar-refractivity contribution is -0.138. The van der Waals surface area contributed by atoms with Gasteiger partial charge in [0, 0.05) is 24.3 Å². The van der Waals surface area contributed by atoms with Crippen LogP contribution in [0.25, 0.3) is 10.2 Å². The van der Waals surface area contributed by atoms with Crippen molar-refractivity contribution in [1.82, 2.24) is 4.98 Å². The first-order valence-corrected chi connectivity index (χ1v) is 26.4. The van der Waals surface area contributed by atoms with Crippen LogP contribution < -0.4 is 24.0 Å². The molecule has 1 heterocycles. The Bertz CT molecular complexity index is 2440. The number of para-hydroxylation sites is 1. The zero-order valence-electron chi connectivity index (χ0n) is 41.9. The third-order valence-electron chi connectivity index (χ3n) is 11.6. The molecule has 0 amide bonds. The van der Waals surface area contributed by atoms with E-state index in [1.807, 2.05) is 29.3 Å². The molecular weight excluding hydrogens is 931 g/mol. The molecule has 13 nitrogen and oxygen atoms in total. The van der Waals surface area contributed by atoms with E-state index in [1.54, 1.807) is 84.3 Å². The van der Waals surface area contributed by atoms with Gasteiger partial charge in [0.2, 0.25) is 5.13 Å². The van der Waals surface area contributed by atoms with Gasteiger partial charge in [0.05, 0.1) is 54.0 Å². The first-order chi connectivity index (χ1) is 35.3. The van der Waals surface area contributed by atoms with E-state index in [9.17, 15) is 19.2 Å². The topological polar surface area (TPSA) is 152 Å². The molecule has 5 aromatic rings. The number of fused-ring (bicyclic) bond motifs is 1. The predicted octanol–water partition coefficient (Wildman–Crippen LogP) is 13.8.